The van der Waals surface area contributed by atoms with Crippen molar-refractivity contribution in [2.24, 2.45) is 0 Å². The first-order valence-electron chi connectivity index (χ1n) is 4.82. The Hall–Kier alpha value is -1.36. The Kier molecular flexibility index (Phi) is 4.01. The molecule has 2 aromatic rings. The Balaban J connectivity index is 2.24. The average molecular weight is 303 g/mol. The Morgan fingerprint density at radius 1 is 1.11 bits per heavy atom. The van der Waals surface area contributed by atoms with Crippen LogP contribution in [0.3, 0.4) is 0 Å². The summed E-state index contributed by atoms with van der Waals surface area (Å²) in [6.07, 6.45) is 1.50. The van der Waals surface area contributed by atoms with E-state index in [2.05, 4.69) is 15.3 Å². The van der Waals surface area contributed by atoms with Crippen LogP contribution in [0, 0.1) is 0 Å². The van der Waals surface area contributed by atoms with Gasteiger partial charge in [-0.2, -0.15) is 0 Å². The SMILES string of the molecule is O=C(Nc1ccc(Cl)nc1Cl)c1cccnc1Cl. The maximum Gasteiger partial charge on any atom is 0.258 e. The van der Waals surface area contributed by atoms with Gasteiger partial charge in [0.05, 0.1) is 11.3 Å². The van der Waals surface area contributed by atoms with Crippen LogP contribution in [-0.4, -0.2) is 15.9 Å². The van der Waals surface area contributed by atoms with Crippen molar-refractivity contribution in [3.8, 4) is 0 Å². The normalized spacial score (nSPS) is 10.2. The van der Waals surface area contributed by atoms with Gasteiger partial charge in [-0.3, -0.25) is 4.79 Å². The molecule has 92 valence electrons. The van der Waals surface area contributed by atoms with Crippen LogP contribution in [0.5, 0.6) is 0 Å². The fourth-order valence-electron chi connectivity index (χ4n) is 1.25. The molecule has 0 saturated heterocycles. The maximum atomic E-state index is 11.9. The molecule has 0 saturated carbocycles. The summed E-state index contributed by atoms with van der Waals surface area (Å²) in [6.45, 7) is 0. The van der Waals surface area contributed by atoms with Crippen LogP contribution in [0.25, 0.3) is 0 Å². The number of anilines is 1. The van der Waals surface area contributed by atoms with Gasteiger partial charge in [-0.1, -0.05) is 34.8 Å². The van der Waals surface area contributed by atoms with Gasteiger partial charge in [0.2, 0.25) is 0 Å². The van der Waals surface area contributed by atoms with Crippen molar-refractivity contribution in [2.75, 3.05) is 5.32 Å². The van der Waals surface area contributed by atoms with E-state index in [9.17, 15) is 4.79 Å². The predicted octanol–water partition coefficient (Wildman–Crippen LogP) is 3.69. The molecule has 0 aliphatic carbocycles. The summed E-state index contributed by atoms with van der Waals surface area (Å²) in [7, 11) is 0. The van der Waals surface area contributed by atoms with E-state index in [0.717, 1.165) is 0 Å². The molecule has 0 atom stereocenters. The quantitative estimate of drug-likeness (QED) is 0.861. The minimum Gasteiger partial charge on any atom is -0.319 e. The largest absolute Gasteiger partial charge is 0.319 e. The number of pyridine rings is 2. The molecule has 0 radical (unpaired) electrons. The summed E-state index contributed by atoms with van der Waals surface area (Å²) >= 11 is 17.3. The number of rotatable bonds is 2. The van der Waals surface area contributed by atoms with Crippen molar-refractivity contribution in [1.82, 2.24) is 9.97 Å². The molecular weight excluding hydrogens is 296 g/mol. The molecule has 0 unspecified atom stereocenters. The second-order valence-corrected chi connectivity index (χ2v) is 4.37. The van der Waals surface area contributed by atoms with Crippen LogP contribution >= 0.6 is 34.8 Å². The summed E-state index contributed by atoms with van der Waals surface area (Å²) in [5.74, 6) is -0.417. The highest BCUT2D eigenvalue weighted by atomic mass is 35.5. The Bertz CT molecular complexity index is 604. The predicted molar refractivity (Wildman–Crippen MR) is 71.5 cm³/mol. The Labute approximate surface area is 118 Å². The number of amides is 1. The Morgan fingerprint density at radius 2 is 1.89 bits per heavy atom. The molecule has 7 heteroatoms. The molecule has 0 bridgehead atoms. The van der Waals surface area contributed by atoms with Gasteiger partial charge in [0.15, 0.2) is 5.15 Å². The smallest absolute Gasteiger partial charge is 0.258 e. The van der Waals surface area contributed by atoms with Gasteiger partial charge in [0.1, 0.15) is 10.3 Å². The van der Waals surface area contributed by atoms with Crippen LogP contribution in [-0.2, 0) is 0 Å². The average Bonchev–Trinajstić information content (AvgIpc) is 2.33. The van der Waals surface area contributed by atoms with Crippen molar-refractivity contribution < 1.29 is 4.79 Å². The highest BCUT2D eigenvalue weighted by Gasteiger charge is 2.13. The summed E-state index contributed by atoms with van der Waals surface area (Å²) in [4.78, 5) is 19.5. The van der Waals surface area contributed by atoms with E-state index in [1.807, 2.05) is 0 Å². The standard InChI is InChI=1S/C11H6Cl3N3O/c12-8-4-3-7(10(14)17-8)16-11(18)6-2-1-5-15-9(6)13/h1-5H,(H,16,18). The molecule has 0 aromatic carbocycles. The third-order valence-electron chi connectivity index (χ3n) is 2.07. The van der Waals surface area contributed by atoms with E-state index >= 15 is 0 Å². The van der Waals surface area contributed by atoms with Crippen LogP contribution in [0.1, 0.15) is 10.4 Å². The maximum absolute atomic E-state index is 11.9. The van der Waals surface area contributed by atoms with E-state index in [1.54, 1.807) is 18.2 Å². The molecule has 1 amide bonds. The summed E-state index contributed by atoms with van der Waals surface area (Å²) < 4.78 is 0. The zero-order valence-electron chi connectivity index (χ0n) is 8.82. The van der Waals surface area contributed by atoms with Gasteiger partial charge in [0, 0.05) is 6.20 Å². The molecule has 4 nitrogen and oxygen atoms in total. The van der Waals surface area contributed by atoms with Crippen molar-refractivity contribution in [3.05, 3.63) is 51.5 Å². The first-order valence-corrected chi connectivity index (χ1v) is 5.95. The minimum atomic E-state index is -0.417. The van der Waals surface area contributed by atoms with Crippen LogP contribution in [0.2, 0.25) is 15.5 Å². The lowest BCUT2D eigenvalue weighted by molar-refractivity contribution is 0.102. The first kappa shape index (κ1) is 13.1. The molecule has 0 aliphatic heterocycles. The molecule has 0 aliphatic rings. The fourth-order valence-corrected chi connectivity index (χ4v) is 1.85. The van der Waals surface area contributed by atoms with Gasteiger partial charge >= 0.3 is 0 Å². The number of nitrogens with one attached hydrogen (secondary N) is 1. The summed E-state index contributed by atoms with van der Waals surface area (Å²) in [5, 5.41) is 3.05. The number of nitrogens with zero attached hydrogens (tertiary/aromatic N) is 2. The molecule has 2 rings (SSSR count). The molecule has 1 N–H and O–H groups in total. The highest BCUT2D eigenvalue weighted by molar-refractivity contribution is 6.35. The van der Waals surface area contributed by atoms with Gasteiger partial charge in [0.25, 0.3) is 5.91 Å². The van der Waals surface area contributed by atoms with Gasteiger partial charge in [-0.15, -0.1) is 0 Å². The summed E-state index contributed by atoms with van der Waals surface area (Å²) in [6, 6.07) is 6.25. The van der Waals surface area contributed by atoms with Gasteiger partial charge in [-0.05, 0) is 24.3 Å². The van der Waals surface area contributed by atoms with Gasteiger partial charge < -0.3 is 5.32 Å². The number of halogens is 3. The molecular formula is C11H6Cl3N3O. The highest BCUT2D eigenvalue weighted by Crippen LogP contribution is 2.23. The third-order valence-corrected chi connectivity index (χ3v) is 2.87. The lowest BCUT2D eigenvalue weighted by Gasteiger charge is -2.07. The van der Waals surface area contributed by atoms with Gasteiger partial charge in [-0.25, -0.2) is 9.97 Å². The Morgan fingerprint density at radius 3 is 2.56 bits per heavy atom. The van der Waals surface area contributed by atoms with E-state index in [4.69, 9.17) is 34.8 Å². The van der Waals surface area contributed by atoms with E-state index in [-0.39, 0.29) is 21.0 Å². The van der Waals surface area contributed by atoms with Crippen LogP contribution in [0.4, 0.5) is 5.69 Å². The molecule has 0 spiro atoms. The number of carbonyl (C=O) groups excluding carboxylic acids is 1. The number of aromatic nitrogens is 2. The lowest BCUT2D eigenvalue weighted by atomic mass is 10.2. The number of hydrogen-bond acceptors (Lipinski definition) is 3. The van der Waals surface area contributed by atoms with E-state index in [1.165, 1.54) is 12.3 Å². The number of hydrogen-bond donors (Lipinski definition) is 1. The lowest BCUT2D eigenvalue weighted by Crippen LogP contribution is -2.13. The minimum absolute atomic E-state index is 0.107. The molecule has 18 heavy (non-hydrogen) atoms. The topological polar surface area (TPSA) is 54.9 Å². The molecule has 0 fully saturated rings. The van der Waals surface area contributed by atoms with Crippen molar-refractivity contribution in [3.63, 3.8) is 0 Å². The van der Waals surface area contributed by atoms with Crippen molar-refractivity contribution in [2.45, 2.75) is 0 Å². The molecule has 2 heterocycles. The van der Waals surface area contributed by atoms with Crippen molar-refractivity contribution >= 4 is 46.4 Å². The van der Waals surface area contributed by atoms with Crippen LogP contribution < -0.4 is 5.32 Å². The molecule has 2 aromatic heterocycles. The van der Waals surface area contributed by atoms with Crippen LogP contribution in [0.15, 0.2) is 30.5 Å². The first-order chi connectivity index (χ1) is 8.58. The fraction of sp³-hybridized carbons (Fsp3) is 0. The second-order valence-electron chi connectivity index (χ2n) is 3.27. The zero-order chi connectivity index (χ0) is 13.1. The van der Waals surface area contributed by atoms with E-state index in [0.29, 0.717) is 5.69 Å². The third kappa shape index (κ3) is 2.90. The van der Waals surface area contributed by atoms with Crippen molar-refractivity contribution in [1.29, 1.82) is 0 Å². The zero-order valence-corrected chi connectivity index (χ0v) is 11.1. The summed E-state index contributed by atoms with van der Waals surface area (Å²) in [5.41, 5.74) is 0.608. The second kappa shape index (κ2) is 5.52. The van der Waals surface area contributed by atoms with E-state index < -0.39 is 5.91 Å². The monoisotopic (exact) mass is 301 g/mol. The number of carbonyl (C=O) groups is 1.